The molecule has 0 bridgehead atoms. The van der Waals surface area contributed by atoms with Gasteiger partial charge in [0, 0.05) is 12.2 Å². The van der Waals surface area contributed by atoms with Gasteiger partial charge in [0.05, 0.1) is 30.4 Å². The first kappa shape index (κ1) is 20.2. The number of benzene rings is 1. The summed E-state index contributed by atoms with van der Waals surface area (Å²) >= 11 is 3.19. The largest absolute Gasteiger partial charge is 0.497 e. The molecule has 31 heavy (non-hydrogen) atoms. The Morgan fingerprint density at radius 3 is 2.87 bits per heavy atom. The molecule has 1 aromatic carbocycles. The maximum absolute atomic E-state index is 5.85. The van der Waals surface area contributed by atoms with Gasteiger partial charge in [0.1, 0.15) is 5.75 Å². The van der Waals surface area contributed by atoms with Crippen molar-refractivity contribution in [2.24, 2.45) is 0 Å². The van der Waals surface area contributed by atoms with Crippen molar-refractivity contribution in [3.05, 3.63) is 47.7 Å². The van der Waals surface area contributed by atoms with Crippen molar-refractivity contribution in [1.82, 2.24) is 24.9 Å². The molecule has 0 N–H and O–H groups in total. The molecule has 0 aliphatic carbocycles. The molecular formula is C21H21N5O3S2. The van der Waals surface area contributed by atoms with E-state index in [4.69, 9.17) is 14.0 Å². The highest BCUT2D eigenvalue weighted by molar-refractivity contribution is 7.98. The van der Waals surface area contributed by atoms with Crippen molar-refractivity contribution in [3.63, 3.8) is 0 Å². The van der Waals surface area contributed by atoms with Crippen LogP contribution >= 0.6 is 23.1 Å². The third-order valence-corrected chi connectivity index (χ3v) is 6.83. The smallest absolute Gasteiger partial charge is 0.237 e. The van der Waals surface area contributed by atoms with Crippen LogP contribution in [0.15, 0.2) is 51.5 Å². The van der Waals surface area contributed by atoms with Crippen LogP contribution in [-0.2, 0) is 17.0 Å². The lowest BCUT2D eigenvalue weighted by Gasteiger charge is -2.13. The van der Waals surface area contributed by atoms with Gasteiger partial charge >= 0.3 is 0 Å². The van der Waals surface area contributed by atoms with E-state index in [2.05, 4.69) is 31.0 Å². The zero-order valence-electron chi connectivity index (χ0n) is 16.9. The number of hydrogen-bond acceptors (Lipinski definition) is 9. The van der Waals surface area contributed by atoms with Crippen LogP contribution in [0.4, 0.5) is 0 Å². The minimum Gasteiger partial charge on any atom is -0.497 e. The highest BCUT2D eigenvalue weighted by atomic mass is 32.2. The maximum Gasteiger partial charge on any atom is 0.237 e. The molecule has 0 unspecified atom stereocenters. The molecule has 0 saturated carbocycles. The second-order valence-electron chi connectivity index (χ2n) is 7.06. The normalized spacial score (nSPS) is 16.1. The predicted molar refractivity (Wildman–Crippen MR) is 118 cm³/mol. The fraction of sp³-hybridized carbons (Fsp3) is 0.333. The van der Waals surface area contributed by atoms with Crippen molar-refractivity contribution in [2.75, 3.05) is 13.7 Å². The summed E-state index contributed by atoms with van der Waals surface area (Å²) in [7, 11) is 1.64. The molecule has 0 spiro atoms. The molecule has 1 fully saturated rings. The van der Waals surface area contributed by atoms with Gasteiger partial charge in [0.25, 0.3) is 0 Å². The predicted octanol–water partition coefficient (Wildman–Crippen LogP) is 4.54. The molecule has 0 amide bonds. The van der Waals surface area contributed by atoms with E-state index in [-0.39, 0.29) is 6.10 Å². The molecule has 1 aliphatic rings. The summed E-state index contributed by atoms with van der Waals surface area (Å²) in [6, 6.07) is 11.7. The Hall–Kier alpha value is -2.69. The van der Waals surface area contributed by atoms with Gasteiger partial charge in [-0.05, 0) is 48.6 Å². The molecule has 8 nitrogen and oxygen atoms in total. The van der Waals surface area contributed by atoms with E-state index in [1.54, 1.807) is 18.4 Å². The monoisotopic (exact) mass is 455 g/mol. The van der Waals surface area contributed by atoms with Crippen LogP contribution in [0.2, 0.25) is 0 Å². The summed E-state index contributed by atoms with van der Waals surface area (Å²) in [5.74, 6) is 3.27. The highest BCUT2D eigenvalue weighted by Gasteiger charge is 2.22. The zero-order valence-corrected chi connectivity index (χ0v) is 18.6. The van der Waals surface area contributed by atoms with Gasteiger partial charge in [-0.2, -0.15) is 4.98 Å². The number of ether oxygens (including phenoxy) is 2. The van der Waals surface area contributed by atoms with E-state index >= 15 is 0 Å². The van der Waals surface area contributed by atoms with Crippen molar-refractivity contribution in [1.29, 1.82) is 0 Å². The van der Waals surface area contributed by atoms with Gasteiger partial charge in [-0.25, -0.2) is 0 Å². The van der Waals surface area contributed by atoms with Crippen molar-refractivity contribution in [2.45, 2.75) is 36.4 Å². The number of methoxy groups -OCH3 is 1. The molecule has 4 heterocycles. The maximum atomic E-state index is 5.85. The fourth-order valence-electron chi connectivity index (χ4n) is 3.44. The molecule has 1 saturated heterocycles. The highest BCUT2D eigenvalue weighted by Crippen LogP contribution is 2.30. The number of aromatic nitrogens is 5. The fourth-order valence-corrected chi connectivity index (χ4v) is 4.94. The van der Waals surface area contributed by atoms with Gasteiger partial charge in [-0.15, -0.1) is 21.5 Å². The summed E-state index contributed by atoms with van der Waals surface area (Å²) in [4.78, 5) is 5.62. The second-order valence-corrected chi connectivity index (χ2v) is 8.95. The Labute approximate surface area is 187 Å². The van der Waals surface area contributed by atoms with Crippen LogP contribution < -0.4 is 4.74 Å². The lowest BCUT2D eigenvalue weighted by atomic mass is 10.2. The van der Waals surface area contributed by atoms with E-state index < -0.39 is 0 Å². The Kier molecular flexibility index (Phi) is 6.01. The number of hydrogen-bond donors (Lipinski definition) is 0. The van der Waals surface area contributed by atoms with Gasteiger partial charge in [0.15, 0.2) is 11.0 Å². The van der Waals surface area contributed by atoms with Gasteiger partial charge in [0.2, 0.25) is 11.7 Å². The number of thioether (sulfide) groups is 1. The Morgan fingerprint density at radius 2 is 2.13 bits per heavy atom. The van der Waals surface area contributed by atoms with Crippen molar-refractivity contribution < 1.29 is 14.0 Å². The minimum absolute atomic E-state index is 0.194. The van der Waals surface area contributed by atoms with Crippen LogP contribution in [-0.4, -0.2) is 44.7 Å². The number of rotatable bonds is 8. The van der Waals surface area contributed by atoms with E-state index in [1.807, 2.05) is 35.7 Å². The molecule has 4 aromatic rings. The van der Waals surface area contributed by atoms with Gasteiger partial charge < -0.3 is 14.0 Å². The average Bonchev–Trinajstić information content (AvgIpc) is 3.61. The van der Waals surface area contributed by atoms with Crippen molar-refractivity contribution >= 4 is 23.1 Å². The van der Waals surface area contributed by atoms with E-state index in [9.17, 15) is 0 Å². The summed E-state index contributed by atoms with van der Waals surface area (Å²) < 4.78 is 18.6. The van der Waals surface area contributed by atoms with Gasteiger partial charge in [-0.1, -0.05) is 23.0 Å². The van der Waals surface area contributed by atoms with Gasteiger partial charge in [-0.3, -0.25) is 4.57 Å². The van der Waals surface area contributed by atoms with E-state index in [1.165, 1.54) is 11.8 Å². The van der Waals surface area contributed by atoms with Crippen LogP contribution in [0.1, 0.15) is 18.7 Å². The van der Waals surface area contributed by atoms with E-state index in [0.29, 0.717) is 17.5 Å². The summed E-state index contributed by atoms with van der Waals surface area (Å²) in [5, 5.41) is 15.9. The quantitative estimate of drug-likeness (QED) is 0.358. The summed E-state index contributed by atoms with van der Waals surface area (Å²) in [5.41, 5.74) is 0.877. The summed E-state index contributed by atoms with van der Waals surface area (Å²) in [6.07, 6.45) is 2.35. The molecule has 3 aromatic heterocycles. The Balaban J connectivity index is 1.32. The van der Waals surface area contributed by atoms with Crippen LogP contribution in [0.25, 0.3) is 22.1 Å². The first-order valence-corrected chi connectivity index (χ1v) is 11.8. The van der Waals surface area contributed by atoms with Crippen LogP contribution in [0.5, 0.6) is 5.75 Å². The summed E-state index contributed by atoms with van der Waals surface area (Å²) in [6.45, 7) is 1.56. The minimum atomic E-state index is 0.194. The van der Waals surface area contributed by atoms with Crippen LogP contribution in [0.3, 0.4) is 0 Å². The number of nitrogens with zero attached hydrogens (tertiary/aromatic N) is 5. The molecule has 10 heteroatoms. The molecule has 5 rings (SSSR count). The first-order chi connectivity index (χ1) is 15.3. The SMILES string of the molecule is COc1ccc(-c2noc(CSc3nnc(-c4cccs4)n3C[C@@H]3CCCO3)n2)cc1. The third kappa shape index (κ3) is 4.51. The standard InChI is InChI=1S/C21H21N5O3S2/c1-27-15-8-6-14(7-9-15)19-22-18(29-25-19)13-31-21-24-23-20(17-5-3-11-30-17)26(21)12-16-4-2-10-28-16/h3,5-9,11,16H,2,4,10,12-13H2,1H3/t16-/m0/s1. The Morgan fingerprint density at radius 1 is 1.23 bits per heavy atom. The molecule has 1 atom stereocenters. The lowest BCUT2D eigenvalue weighted by molar-refractivity contribution is 0.0953. The molecular weight excluding hydrogens is 434 g/mol. The molecule has 160 valence electrons. The molecule has 0 radical (unpaired) electrons. The zero-order chi connectivity index (χ0) is 21.0. The second kappa shape index (κ2) is 9.21. The van der Waals surface area contributed by atoms with Crippen molar-refractivity contribution in [3.8, 4) is 27.8 Å². The van der Waals surface area contributed by atoms with Crippen LogP contribution in [0, 0.1) is 0 Å². The lowest BCUT2D eigenvalue weighted by Crippen LogP contribution is -2.16. The number of thiophene rings is 1. The third-order valence-electron chi connectivity index (χ3n) is 5.01. The van der Waals surface area contributed by atoms with E-state index in [0.717, 1.165) is 53.2 Å². The topological polar surface area (TPSA) is 88.1 Å². The molecule has 1 aliphatic heterocycles. The first-order valence-electron chi connectivity index (χ1n) is 9.98. The average molecular weight is 456 g/mol. The Bertz CT molecular complexity index is 1120.